The van der Waals surface area contributed by atoms with E-state index in [1.54, 1.807) is 9.36 Å². The zero-order valence-electron chi connectivity index (χ0n) is 11.4. The average Bonchev–Trinajstić information content (AvgIpc) is 3.04. The fraction of sp³-hybridized carbons (Fsp3) is 0.231. The van der Waals surface area contributed by atoms with Crippen LogP contribution in [0.15, 0.2) is 36.5 Å². The predicted molar refractivity (Wildman–Crippen MR) is 74.4 cm³/mol. The van der Waals surface area contributed by atoms with Crippen LogP contribution in [-0.4, -0.2) is 30.0 Å². The standard InChI is InChI=1S/C13H15N7/c1-10-12(9-19(2)16-10)14-8-13-15-17-18-20(13)11-6-4-3-5-7-11/h3-7,9,14H,8H2,1-2H3. The van der Waals surface area contributed by atoms with Crippen LogP contribution in [0.1, 0.15) is 11.5 Å². The minimum Gasteiger partial charge on any atom is -0.375 e. The predicted octanol–water partition coefficient (Wildman–Crippen LogP) is 1.32. The second kappa shape index (κ2) is 5.12. The minimum absolute atomic E-state index is 0.536. The maximum absolute atomic E-state index is 4.29. The summed E-state index contributed by atoms with van der Waals surface area (Å²) < 4.78 is 3.50. The zero-order valence-corrected chi connectivity index (χ0v) is 11.4. The first-order chi connectivity index (χ1) is 9.74. The van der Waals surface area contributed by atoms with Gasteiger partial charge in [0.2, 0.25) is 0 Å². The van der Waals surface area contributed by atoms with Crippen molar-refractivity contribution in [1.29, 1.82) is 0 Å². The van der Waals surface area contributed by atoms with E-state index in [9.17, 15) is 0 Å². The van der Waals surface area contributed by atoms with Crippen LogP contribution in [0, 0.1) is 6.92 Å². The third kappa shape index (κ3) is 2.37. The first kappa shape index (κ1) is 12.3. The smallest absolute Gasteiger partial charge is 0.175 e. The fourth-order valence-corrected chi connectivity index (χ4v) is 2.03. The molecule has 7 nitrogen and oxygen atoms in total. The van der Waals surface area contributed by atoms with Crippen LogP contribution in [-0.2, 0) is 13.6 Å². The molecule has 20 heavy (non-hydrogen) atoms. The lowest BCUT2D eigenvalue weighted by Gasteiger charge is -2.06. The van der Waals surface area contributed by atoms with E-state index in [1.165, 1.54) is 0 Å². The van der Waals surface area contributed by atoms with E-state index >= 15 is 0 Å². The van der Waals surface area contributed by atoms with E-state index in [0.717, 1.165) is 22.9 Å². The van der Waals surface area contributed by atoms with E-state index in [1.807, 2.05) is 50.5 Å². The number of hydrogen-bond donors (Lipinski definition) is 1. The number of rotatable bonds is 4. The molecular weight excluding hydrogens is 254 g/mol. The summed E-state index contributed by atoms with van der Waals surface area (Å²) in [5, 5.41) is 19.4. The molecule has 0 radical (unpaired) electrons. The number of nitrogens with zero attached hydrogens (tertiary/aromatic N) is 6. The van der Waals surface area contributed by atoms with Crippen molar-refractivity contribution in [3.8, 4) is 5.69 Å². The van der Waals surface area contributed by atoms with Gasteiger partial charge in [0.25, 0.3) is 0 Å². The molecule has 0 aliphatic rings. The molecule has 0 saturated carbocycles. The Labute approximate surface area is 116 Å². The lowest BCUT2D eigenvalue weighted by molar-refractivity contribution is 0.756. The highest BCUT2D eigenvalue weighted by Gasteiger charge is 2.09. The van der Waals surface area contributed by atoms with Crippen molar-refractivity contribution in [3.05, 3.63) is 48.0 Å². The van der Waals surface area contributed by atoms with Crippen LogP contribution in [0.25, 0.3) is 5.69 Å². The Bertz CT molecular complexity index is 699. The second-order valence-electron chi connectivity index (χ2n) is 4.50. The summed E-state index contributed by atoms with van der Waals surface area (Å²) in [6.45, 7) is 2.50. The third-order valence-electron chi connectivity index (χ3n) is 2.99. The van der Waals surface area contributed by atoms with Crippen LogP contribution in [0.4, 0.5) is 5.69 Å². The summed E-state index contributed by atoms with van der Waals surface area (Å²) in [4.78, 5) is 0. The van der Waals surface area contributed by atoms with Crippen LogP contribution in [0.2, 0.25) is 0 Å². The molecule has 0 saturated heterocycles. The molecule has 0 atom stereocenters. The molecule has 3 aromatic rings. The molecule has 0 amide bonds. The van der Waals surface area contributed by atoms with Crippen LogP contribution in [0.5, 0.6) is 0 Å². The number of nitrogens with one attached hydrogen (secondary N) is 1. The molecule has 2 aromatic heterocycles. The number of tetrazole rings is 1. The summed E-state index contributed by atoms with van der Waals surface area (Å²) in [7, 11) is 1.90. The molecule has 0 unspecified atom stereocenters. The molecule has 0 spiro atoms. The molecule has 0 fully saturated rings. The molecule has 2 heterocycles. The van der Waals surface area contributed by atoms with Gasteiger partial charge in [0.1, 0.15) is 0 Å². The number of aromatic nitrogens is 6. The van der Waals surface area contributed by atoms with Gasteiger partial charge >= 0.3 is 0 Å². The van der Waals surface area contributed by atoms with Crippen LogP contribution in [0.3, 0.4) is 0 Å². The van der Waals surface area contributed by atoms with Gasteiger partial charge in [-0.25, -0.2) is 0 Å². The van der Waals surface area contributed by atoms with E-state index < -0.39 is 0 Å². The highest BCUT2D eigenvalue weighted by Crippen LogP contribution is 2.13. The topological polar surface area (TPSA) is 73.5 Å². The van der Waals surface area contributed by atoms with Crippen molar-refractivity contribution in [1.82, 2.24) is 30.0 Å². The summed E-state index contributed by atoms with van der Waals surface area (Å²) in [6.07, 6.45) is 1.94. The van der Waals surface area contributed by atoms with Gasteiger partial charge in [0.15, 0.2) is 5.82 Å². The number of hydrogen-bond acceptors (Lipinski definition) is 5. The van der Waals surface area contributed by atoms with Crippen molar-refractivity contribution in [2.24, 2.45) is 7.05 Å². The first-order valence-electron chi connectivity index (χ1n) is 6.31. The van der Waals surface area contributed by atoms with E-state index in [2.05, 4.69) is 25.9 Å². The Hall–Kier alpha value is -2.70. The summed E-state index contributed by atoms with van der Waals surface area (Å²) in [5.41, 5.74) is 2.87. The van der Waals surface area contributed by atoms with Gasteiger partial charge in [0.05, 0.1) is 23.6 Å². The Kier molecular flexibility index (Phi) is 3.16. The fourth-order valence-electron chi connectivity index (χ4n) is 2.03. The number of anilines is 1. The van der Waals surface area contributed by atoms with E-state index in [0.29, 0.717) is 6.54 Å². The molecule has 3 rings (SSSR count). The average molecular weight is 269 g/mol. The van der Waals surface area contributed by atoms with Gasteiger partial charge in [-0.05, 0) is 29.5 Å². The van der Waals surface area contributed by atoms with Gasteiger partial charge in [-0.3, -0.25) is 4.68 Å². The molecule has 1 N–H and O–H groups in total. The Morgan fingerprint density at radius 1 is 1.20 bits per heavy atom. The van der Waals surface area contributed by atoms with Crippen molar-refractivity contribution in [2.75, 3.05) is 5.32 Å². The summed E-state index contributed by atoms with van der Waals surface area (Å²) in [5.74, 6) is 0.749. The zero-order chi connectivity index (χ0) is 13.9. The number of para-hydroxylation sites is 1. The summed E-state index contributed by atoms with van der Waals surface area (Å²) in [6, 6.07) is 9.81. The van der Waals surface area contributed by atoms with Crippen molar-refractivity contribution in [2.45, 2.75) is 13.5 Å². The van der Waals surface area contributed by atoms with Gasteiger partial charge < -0.3 is 5.32 Å². The van der Waals surface area contributed by atoms with E-state index in [-0.39, 0.29) is 0 Å². The molecule has 1 aromatic carbocycles. The van der Waals surface area contributed by atoms with Gasteiger partial charge in [-0.2, -0.15) is 9.78 Å². The largest absolute Gasteiger partial charge is 0.375 e. The molecule has 0 aliphatic carbocycles. The molecule has 102 valence electrons. The molecule has 7 heteroatoms. The summed E-state index contributed by atoms with van der Waals surface area (Å²) >= 11 is 0. The SMILES string of the molecule is Cc1nn(C)cc1NCc1nnnn1-c1ccccc1. The highest BCUT2D eigenvalue weighted by atomic mass is 15.5. The van der Waals surface area contributed by atoms with Gasteiger partial charge in [0, 0.05) is 13.2 Å². The Balaban J connectivity index is 1.79. The maximum atomic E-state index is 4.29. The maximum Gasteiger partial charge on any atom is 0.175 e. The first-order valence-corrected chi connectivity index (χ1v) is 6.31. The lowest BCUT2D eigenvalue weighted by Crippen LogP contribution is -2.08. The second-order valence-corrected chi connectivity index (χ2v) is 4.50. The van der Waals surface area contributed by atoms with Crippen molar-refractivity contribution < 1.29 is 0 Å². The molecular formula is C13H15N7. The van der Waals surface area contributed by atoms with Gasteiger partial charge in [-0.1, -0.05) is 18.2 Å². The van der Waals surface area contributed by atoms with E-state index in [4.69, 9.17) is 0 Å². The highest BCUT2D eigenvalue weighted by molar-refractivity contribution is 5.45. The quantitative estimate of drug-likeness (QED) is 0.773. The monoisotopic (exact) mass is 269 g/mol. The van der Waals surface area contributed by atoms with Crippen molar-refractivity contribution in [3.63, 3.8) is 0 Å². The third-order valence-corrected chi connectivity index (χ3v) is 2.99. The number of aryl methyl sites for hydroxylation is 2. The van der Waals surface area contributed by atoms with Crippen LogP contribution >= 0.6 is 0 Å². The Morgan fingerprint density at radius 3 is 2.70 bits per heavy atom. The molecule has 0 aliphatic heterocycles. The molecule has 0 bridgehead atoms. The minimum atomic E-state index is 0.536. The normalized spacial score (nSPS) is 10.7. The van der Waals surface area contributed by atoms with Gasteiger partial charge in [-0.15, -0.1) is 5.10 Å². The Morgan fingerprint density at radius 2 is 2.00 bits per heavy atom. The number of benzene rings is 1. The van der Waals surface area contributed by atoms with Crippen molar-refractivity contribution >= 4 is 5.69 Å². The van der Waals surface area contributed by atoms with Crippen LogP contribution < -0.4 is 5.32 Å². The lowest BCUT2D eigenvalue weighted by atomic mass is 10.3.